The molecule has 8 heteroatoms. The molecule has 0 saturated heterocycles. The highest BCUT2D eigenvalue weighted by Gasteiger charge is 2.18. The van der Waals surface area contributed by atoms with Crippen LogP contribution in [0.4, 0.5) is 11.4 Å². The van der Waals surface area contributed by atoms with Crippen molar-refractivity contribution in [2.75, 3.05) is 18.2 Å². The molecule has 136 valence electrons. The number of ketones is 1. The van der Waals surface area contributed by atoms with Crippen molar-refractivity contribution in [3.63, 3.8) is 0 Å². The monoisotopic (exact) mass is 356 g/mol. The van der Waals surface area contributed by atoms with Crippen molar-refractivity contribution in [2.24, 2.45) is 10.9 Å². The Morgan fingerprint density at radius 1 is 1.31 bits per heavy atom. The summed E-state index contributed by atoms with van der Waals surface area (Å²) in [7, 11) is 1.43. The molecule has 0 spiro atoms. The molecular weight excluding hydrogens is 336 g/mol. The van der Waals surface area contributed by atoms with Crippen LogP contribution in [0.5, 0.6) is 5.75 Å². The first-order valence-electron chi connectivity index (χ1n) is 7.78. The summed E-state index contributed by atoms with van der Waals surface area (Å²) in [6, 6.07) is 10.0. The molecule has 0 radical (unpaired) electrons. The van der Waals surface area contributed by atoms with Crippen LogP contribution in [0.2, 0.25) is 0 Å². The number of carbonyl (C=O) groups excluding carboxylic acids is 1. The zero-order valence-corrected chi connectivity index (χ0v) is 14.2. The summed E-state index contributed by atoms with van der Waals surface area (Å²) in [6.07, 6.45) is 1.51. The predicted octanol–water partition coefficient (Wildman–Crippen LogP) is 1.84. The molecule has 0 atom stereocenters. The van der Waals surface area contributed by atoms with Gasteiger partial charge in [0.05, 0.1) is 12.8 Å². The van der Waals surface area contributed by atoms with Gasteiger partial charge in [0.25, 0.3) is 0 Å². The predicted molar refractivity (Wildman–Crippen MR) is 99.5 cm³/mol. The molecule has 0 bridgehead atoms. The van der Waals surface area contributed by atoms with Crippen LogP contribution in [0.3, 0.4) is 0 Å². The fraction of sp³-hybridized carbons (Fsp3) is 0.167. The van der Waals surface area contributed by atoms with E-state index in [1.54, 1.807) is 36.4 Å². The maximum Gasteiger partial charge on any atom is 0.303 e. The molecule has 26 heavy (non-hydrogen) atoms. The van der Waals surface area contributed by atoms with E-state index in [0.29, 0.717) is 22.6 Å². The van der Waals surface area contributed by atoms with Crippen LogP contribution in [0.25, 0.3) is 0 Å². The van der Waals surface area contributed by atoms with Crippen molar-refractivity contribution < 1.29 is 19.4 Å². The first-order valence-corrected chi connectivity index (χ1v) is 7.78. The third-order valence-electron chi connectivity index (χ3n) is 3.77. The van der Waals surface area contributed by atoms with E-state index in [2.05, 4.69) is 10.4 Å². The Labute approximate surface area is 150 Å². The molecule has 6 N–H and O–H groups in total. The van der Waals surface area contributed by atoms with Crippen molar-refractivity contribution in [2.45, 2.75) is 12.8 Å². The molecule has 0 aromatic heterocycles. The summed E-state index contributed by atoms with van der Waals surface area (Å²) in [4.78, 5) is 23.6. The lowest BCUT2D eigenvalue weighted by Crippen LogP contribution is -2.09. The number of hydrogen-bond acceptors (Lipinski definition) is 6. The SMILES string of the molecule is COc1c(CCC(=O)O)ccc(C(=O)c2cccc(NC=NN)c2)c1N. The van der Waals surface area contributed by atoms with E-state index in [1.165, 1.54) is 13.4 Å². The number of rotatable bonds is 8. The van der Waals surface area contributed by atoms with Crippen LogP contribution in [0.1, 0.15) is 27.9 Å². The quantitative estimate of drug-likeness (QED) is 0.141. The van der Waals surface area contributed by atoms with Gasteiger partial charge in [-0.05, 0) is 30.2 Å². The average molecular weight is 356 g/mol. The van der Waals surface area contributed by atoms with Gasteiger partial charge in [0.15, 0.2) is 5.78 Å². The first-order chi connectivity index (χ1) is 12.5. The Balaban J connectivity index is 2.36. The van der Waals surface area contributed by atoms with Gasteiger partial charge >= 0.3 is 5.97 Å². The van der Waals surface area contributed by atoms with E-state index in [1.807, 2.05) is 0 Å². The van der Waals surface area contributed by atoms with E-state index in [9.17, 15) is 9.59 Å². The highest BCUT2D eigenvalue weighted by Crippen LogP contribution is 2.32. The second kappa shape index (κ2) is 8.52. The van der Waals surface area contributed by atoms with Crippen LogP contribution in [0, 0.1) is 0 Å². The van der Waals surface area contributed by atoms with Crippen molar-refractivity contribution in [1.82, 2.24) is 0 Å². The number of benzene rings is 2. The van der Waals surface area contributed by atoms with E-state index < -0.39 is 5.97 Å². The van der Waals surface area contributed by atoms with Gasteiger partial charge in [0, 0.05) is 23.2 Å². The Morgan fingerprint density at radius 3 is 2.73 bits per heavy atom. The highest BCUT2D eigenvalue weighted by molar-refractivity contribution is 6.13. The molecule has 0 aliphatic carbocycles. The van der Waals surface area contributed by atoms with Gasteiger partial charge in [-0.25, -0.2) is 0 Å². The summed E-state index contributed by atoms with van der Waals surface area (Å²) >= 11 is 0. The van der Waals surface area contributed by atoms with Crippen molar-refractivity contribution in [3.8, 4) is 5.75 Å². The number of methoxy groups -OCH3 is 1. The topological polar surface area (TPSA) is 140 Å². The lowest BCUT2D eigenvalue weighted by Gasteiger charge is -2.14. The molecule has 0 saturated carbocycles. The zero-order valence-electron chi connectivity index (χ0n) is 14.2. The van der Waals surface area contributed by atoms with Gasteiger partial charge in [0.1, 0.15) is 12.1 Å². The summed E-state index contributed by atoms with van der Waals surface area (Å²) < 4.78 is 5.30. The largest absolute Gasteiger partial charge is 0.494 e. The average Bonchev–Trinajstić information content (AvgIpc) is 2.64. The third-order valence-corrected chi connectivity index (χ3v) is 3.77. The van der Waals surface area contributed by atoms with Crippen molar-refractivity contribution >= 4 is 29.5 Å². The lowest BCUT2D eigenvalue weighted by atomic mass is 9.97. The fourth-order valence-electron chi connectivity index (χ4n) is 2.54. The molecule has 0 fully saturated rings. The highest BCUT2D eigenvalue weighted by atomic mass is 16.5. The third kappa shape index (κ3) is 4.29. The molecular formula is C18H20N4O4. The van der Waals surface area contributed by atoms with Gasteiger partial charge in [-0.15, -0.1) is 0 Å². The number of nitrogens with one attached hydrogen (secondary N) is 1. The van der Waals surface area contributed by atoms with Gasteiger partial charge in [-0.3, -0.25) is 9.59 Å². The normalized spacial score (nSPS) is 10.7. The van der Waals surface area contributed by atoms with Crippen LogP contribution in [-0.2, 0) is 11.2 Å². The molecule has 0 heterocycles. The van der Waals surface area contributed by atoms with Gasteiger partial charge < -0.3 is 26.7 Å². The van der Waals surface area contributed by atoms with E-state index in [0.717, 1.165) is 0 Å². The molecule has 0 aliphatic rings. The molecule has 2 aromatic rings. The number of nitrogens with two attached hydrogens (primary N) is 2. The van der Waals surface area contributed by atoms with Crippen molar-refractivity contribution in [3.05, 3.63) is 53.1 Å². The summed E-state index contributed by atoms with van der Waals surface area (Å²) in [5, 5.41) is 15.0. The second-order valence-electron chi connectivity index (χ2n) is 5.45. The minimum Gasteiger partial charge on any atom is -0.494 e. The number of carboxylic acid groups (broad SMARTS) is 1. The molecule has 8 nitrogen and oxygen atoms in total. The molecule has 0 amide bonds. The minimum absolute atomic E-state index is 0.0560. The number of aliphatic carboxylic acids is 1. The maximum atomic E-state index is 12.8. The number of nitrogen functional groups attached to an aromatic ring is 1. The van der Waals surface area contributed by atoms with Gasteiger partial charge in [0.2, 0.25) is 0 Å². The summed E-state index contributed by atoms with van der Waals surface area (Å²) in [5.41, 5.74) is 8.28. The number of hydrogen-bond donors (Lipinski definition) is 4. The van der Waals surface area contributed by atoms with Crippen LogP contribution < -0.4 is 21.6 Å². The fourth-order valence-corrected chi connectivity index (χ4v) is 2.54. The second-order valence-corrected chi connectivity index (χ2v) is 5.45. The van der Waals surface area contributed by atoms with Crippen LogP contribution >= 0.6 is 0 Å². The lowest BCUT2D eigenvalue weighted by molar-refractivity contribution is -0.136. The number of carboxylic acids is 1. The van der Waals surface area contributed by atoms with E-state index in [4.69, 9.17) is 21.4 Å². The first kappa shape index (κ1) is 18.8. The maximum absolute atomic E-state index is 12.8. The Hall–Kier alpha value is -3.55. The van der Waals surface area contributed by atoms with Crippen LogP contribution in [-0.4, -0.2) is 30.3 Å². The number of aryl methyl sites for hydroxylation is 1. The van der Waals surface area contributed by atoms with E-state index >= 15 is 0 Å². The van der Waals surface area contributed by atoms with Gasteiger partial charge in [-0.1, -0.05) is 18.2 Å². The minimum atomic E-state index is -0.920. The number of ether oxygens (including phenoxy) is 1. The van der Waals surface area contributed by atoms with Crippen LogP contribution in [0.15, 0.2) is 41.5 Å². The smallest absolute Gasteiger partial charge is 0.303 e. The number of hydrazone groups is 1. The molecule has 2 rings (SSSR count). The standard InChI is InChI=1S/C18H20N4O4/c1-26-18-11(6-8-15(23)24)5-7-14(16(18)19)17(25)12-3-2-4-13(9-12)21-10-22-20/h2-5,7,9-10H,6,8,19-20H2,1H3,(H,21,22)(H,23,24). The van der Waals surface area contributed by atoms with E-state index in [-0.39, 0.29) is 29.9 Å². The van der Waals surface area contributed by atoms with Crippen molar-refractivity contribution in [1.29, 1.82) is 0 Å². The summed E-state index contributed by atoms with van der Waals surface area (Å²) in [6.45, 7) is 0. The number of nitrogens with zero attached hydrogens (tertiary/aromatic N) is 1. The molecule has 0 aliphatic heterocycles. The number of carbonyl (C=O) groups is 2. The molecule has 2 aromatic carbocycles. The molecule has 0 unspecified atom stereocenters. The number of anilines is 2. The summed E-state index contributed by atoms with van der Waals surface area (Å²) in [5.74, 6) is 4.17. The Bertz CT molecular complexity index is 849. The zero-order chi connectivity index (χ0) is 19.1. The Kier molecular flexibility index (Phi) is 6.15. The Morgan fingerprint density at radius 2 is 2.08 bits per heavy atom. The van der Waals surface area contributed by atoms with Gasteiger partial charge in [-0.2, -0.15) is 5.10 Å².